The van der Waals surface area contributed by atoms with Gasteiger partial charge in [0.05, 0.1) is 0 Å². The predicted octanol–water partition coefficient (Wildman–Crippen LogP) is 3.12. The molecule has 0 saturated carbocycles. The van der Waals surface area contributed by atoms with Gasteiger partial charge in [-0.15, -0.1) is 0 Å². The first kappa shape index (κ1) is 19.2. The van der Waals surface area contributed by atoms with Crippen LogP contribution < -0.4 is 10.2 Å². The lowest BCUT2D eigenvalue weighted by Crippen LogP contribution is -2.49. The van der Waals surface area contributed by atoms with Gasteiger partial charge in [0.1, 0.15) is 0 Å². The summed E-state index contributed by atoms with van der Waals surface area (Å²) in [5.41, 5.74) is 2.98. The van der Waals surface area contributed by atoms with Crippen molar-refractivity contribution in [3.63, 3.8) is 0 Å². The first-order valence-electron chi connectivity index (χ1n) is 9.16. The van der Waals surface area contributed by atoms with Crippen LogP contribution in [0.25, 0.3) is 0 Å². The van der Waals surface area contributed by atoms with Crippen molar-refractivity contribution >= 4 is 29.1 Å². The van der Waals surface area contributed by atoms with Crippen molar-refractivity contribution in [3.8, 4) is 0 Å². The molecule has 3 rings (SSSR count). The maximum Gasteiger partial charge on any atom is 0.251 e. The van der Waals surface area contributed by atoms with Gasteiger partial charge >= 0.3 is 0 Å². The Hall–Kier alpha value is -2.53. The number of piperazine rings is 1. The predicted molar refractivity (Wildman–Crippen MR) is 108 cm³/mol. The van der Waals surface area contributed by atoms with Crippen molar-refractivity contribution in [1.29, 1.82) is 0 Å². The fourth-order valence-electron chi connectivity index (χ4n) is 3.18. The van der Waals surface area contributed by atoms with Crippen LogP contribution in [-0.2, 0) is 4.79 Å². The third-order valence-corrected chi connectivity index (χ3v) is 4.98. The van der Waals surface area contributed by atoms with Crippen LogP contribution in [0.15, 0.2) is 48.5 Å². The van der Waals surface area contributed by atoms with Gasteiger partial charge in [0.25, 0.3) is 5.91 Å². The molecule has 27 heavy (non-hydrogen) atoms. The molecule has 1 saturated heterocycles. The van der Waals surface area contributed by atoms with Gasteiger partial charge in [-0.1, -0.05) is 23.7 Å². The van der Waals surface area contributed by atoms with Crippen molar-refractivity contribution < 1.29 is 9.59 Å². The number of hydrogen-bond donors (Lipinski definition) is 1. The third kappa shape index (κ3) is 5.23. The zero-order chi connectivity index (χ0) is 19.2. The van der Waals surface area contributed by atoms with E-state index in [0.717, 1.165) is 13.1 Å². The lowest BCUT2D eigenvalue weighted by atomic mass is 10.2. The number of hydrogen-bond acceptors (Lipinski definition) is 3. The first-order chi connectivity index (χ1) is 13.0. The molecule has 2 aromatic rings. The highest BCUT2D eigenvalue weighted by Crippen LogP contribution is 2.18. The van der Waals surface area contributed by atoms with E-state index in [2.05, 4.69) is 41.4 Å². The first-order valence-corrected chi connectivity index (χ1v) is 9.54. The maximum atomic E-state index is 12.4. The highest BCUT2D eigenvalue weighted by molar-refractivity contribution is 6.30. The van der Waals surface area contributed by atoms with Crippen LogP contribution >= 0.6 is 11.6 Å². The number of carbonyl (C=O) groups excluding carboxylic acids is 2. The molecule has 6 heteroatoms. The highest BCUT2D eigenvalue weighted by Gasteiger charge is 2.21. The lowest BCUT2D eigenvalue weighted by Gasteiger charge is -2.36. The van der Waals surface area contributed by atoms with E-state index >= 15 is 0 Å². The second-order valence-electron chi connectivity index (χ2n) is 6.72. The third-order valence-electron chi connectivity index (χ3n) is 4.73. The molecule has 0 aromatic heterocycles. The summed E-state index contributed by atoms with van der Waals surface area (Å²) in [5, 5.41) is 3.38. The minimum absolute atomic E-state index is 0.0790. The topological polar surface area (TPSA) is 52.6 Å². The van der Waals surface area contributed by atoms with Gasteiger partial charge in [-0.2, -0.15) is 0 Å². The molecule has 1 aliphatic rings. The van der Waals surface area contributed by atoms with Gasteiger partial charge < -0.3 is 15.1 Å². The fraction of sp³-hybridized carbons (Fsp3) is 0.333. The van der Waals surface area contributed by atoms with Crippen molar-refractivity contribution in [2.45, 2.75) is 13.3 Å². The Kier molecular flexibility index (Phi) is 6.35. The summed E-state index contributed by atoms with van der Waals surface area (Å²) in [5.74, 6) is -0.112. The fourth-order valence-corrected chi connectivity index (χ4v) is 3.31. The SMILES string of the molecule is Cc1cccc(N2CCN(C(=O)CCNC(=O)c3ccc(Cl)cc3)CC2)c1. The molecule has 2 aromatic carbocycles. The molecule has 1 fully saturated rings. The summed E-state index contributed by atoms with van der Waals surface area (Å²) in [4.78, 5) is 28.6. The average Bonchev–Trinajstić information content (AvgIpc) is 2.68. The number of nitrogens with zero attached hydrogens (tertiary/aromatic N) is 2. The summed E-state index contributed by atoms with van der Waals surface area (Å²) in [6.07, 6.45) is 0.309. The van der Waals surface area contributed by atoms with Crippen LogP contribution in [0, 0.1) is 6.92 Å². The zero-order valence-electron chi connectivity index (χ0n) is 15.5. The Balaban J connectivity index is 1.42. The quantitative estimate of drug-likeness (QED) is 0.860. The van der Waals surface area contributed by atoms with E-state index in [0.29, 0.717) is 36.6 Å². The van der Waals surface area contributed by atoms with Crippen molar-refractivity contribution in [1.82, 2.24) is 10.2 Å². The van der Waals surface area contributed by atoms with Gasteiger partial charge in [0.2, 0.25) is 5.91 Å². The summed E-state index contributed by atoms with van der Waals surface area (Å²) in [7, 11) is 0. The monoisotopic (exact) mass is 385 g/mol. The van der Waals surface area contributed by atoms with E-state index in [4.69, 9.17) is 11.6 Å². The van der Waals surface area contributed by atoms with Gasteiger partial charge in [-0.3, -0.25) is 9.59 Å². The second kappa shape index (κ2) is 8.91. The molecule has 0 bridgehead atoms. The van der Waals surface area contributed by atoms with E-state index in [1.54, 1.807) is 24.3 Å². The summed E-state index contributed by atoms with van der Waals surface area (Å²) in [6, 6.07) is 15.1. The molecule has 2 amide bonds. The van der Waals surface area contributed by atoms with Crippen LogP contribution in [0.3, 0.4) is 0 Å². The summed E-state index contributed by atoms with van der Waals surface area (Å²) in [6.45, 7) is 5.48. The summed E-state index contributed by atoms with van der Waals surface area (Å²) >= 11 is 5.82. The molecular weight excluding hydrogens is 362 g/mol. The zero-order valence-corrected chi connectivity index (χ0v) is 16.2. The van der Waals surface area contributed by atoms with E-state index < -0.39 is 0 Å². The van der Waals surface area contributed by atoms with Gasteiger partial charge in [-0.25, -0.2) is 0 Å². The lowest BCUT2D eigenvalue weighted by molar-refractivity contribution is -0.131. The van der Waals surface area contributed by atoms with E-state index in [-0.39, 0.29) is 11.8 Å². The number of anilines is 1. The largest absolute Gasteiger partial charge is 0.368 e. The van der Waals surface area contributed by atoms with Crippen LogP contribution in [0.4, 0.5) is 5.69 Å². The number of rotatable bonds is 5. The normalized spacial score (nSPS) is 14.1. The molecule has 1 heterocycles. The molecule has 1 N–H and O–H groups in total. The van der Waals surface area contributed by atoms with E-state index in [1.165, 1.54) is 11.3 Å². The van der Waals surface area contributed by atoms with E-state index in [1.807, 2.05) is 4.90 Å². The van der Waals surface area contributed by atoms with Crippen molar-refractivity contribution in [2.24, 2.45) is 0 Å². The number of carbonyl (C=O) groups is 2. The molecule has 0 spiro atoms. The maximum absolute atomic E-state index is 12.4. The van der Waals surface area contributed by atoms with Crippen molar-refractivity contribution in [3.05, 3.63) is 64.7 Å². The Bertz CT molecular complexity index is 799. The Morgan fingerprint density at radius 2 is 1.74 bits per heavy atom. The van der Waals surface area contributed by atoms with Gasteiger partial charge in [-0.05, 0) is 48.9 Å². The molecule has 0 unspecified atom stereocenters. The molecule has 0 aliphatic carbocycles. The molecule has 142 valence electrons. The molecule has 5 nitrogen and oxygen atoms in total. The summed E-state index contributed by atoms with van der Waals surface area (Å²) < 4.78 is 0. The number of amides is 2. The van der Waals surface area contributed by atoms with E-state index in [9.17, 15) is 9.59 Å². The molecular formula is C21H24ClN3O2. The minimum atomic E-state index is -0.191. The van der Waals surface area contributed by atoms with Crippen molar-refractivity contribution in [2.75, 3.05) is 37.6 Å². The molecule has 1 aliphatic heterocycles. The molecule has 0 atom stereocenters. The number of nitrogens with one attached hydrogen (secondary N) is 1. The Morgan fingerprint density at radius 3 is 2.41 bits per heavy atom. The number of aryl methyl sites for hydroxylation is 1. The standard InChI is InChI=1S/C21H24ClN3O2/c1-16-3-2-4-19(15-16)24-11-13-25(14-12-24)20(26)9-10-23-21(27)17-5-7-18(22)8-6-17/h2-8,15H,9-14H2,1H3,(H,23,27). The second-order valence-corrected chi connectivity index (χ2v) is 7.16. The smallest absolute Gasteiger partial charge is 0.251 e. The Morgan fingerprint density at radius 1 is 1.04 bits per heavy atom. The Labute approximate surface area is 164 Å². The molecule has 0 radical (unpaired) electrons. The number of halogens is 1. The van der Waals surface area contributed by atoms with Gasteiger partial charge in [0.15, 0.2) is 0 Å². The van der Waals surface area contributed by atoms with Crippen LogP contribution in [0.5, 0.6) is 0 Å². The van der Waals surface area contributed by atoms with Gasteiger partial charge in [0, 0.05) is 55.4 Å². The minimum Gasteiger partial charge on any atom is -0.368 e. The average molecular weight is 386 g/mol. The number of benzene rings is 2. The van der Waals surface area contributed by atoms with Crippen LogP contribution in [-0.4, -0.2) is 49.4 Å². The highest BCUT2D eigenvalue weighted by atomic mass is 35.5. The van der Waals surface area contributed by atoms with Crippen LogP contribution in [0.1, 0.15) is 22.3 Å². The van der Waals surface area contributed by atoms with Crippen LogP contribution in [0.2, 0.25) is 5.02 Å².